The van der Waals surface area contributed by atoms with Gasteiger partial charge in [0.05, 0.1) is 0 Å². The summed E-state index contributed by atoms with van der Waals surface area (Å²) in [7, 11) is -3.47. The summed E-state index contributed by atoms with van der Waals surface area (Å²) in [5.74, 6) is 0. The maximum Gasteiger partial charge on any atom is 1.00 e. The predicted octanol–water partition coefficient (Wildman–Crippen LogP) is -4.73. The molecule has 0 amide bonds. The van der Waals surface area contributed by atoms with E-state index in [1.54, 1.807) is 19.6 Å². The Hall–Kier alpha value is 3.55. The van der Waals surface area contributed by atoms with Crippen molar-refractivity contribution in [3.63, 3.8) is 0 Å². The van der Waals surface area contributed by atoms with Gasteiger partial charge in [0.25, 0.3) is 0 Å². The molecule has 4 N–H and O–H groups in total. The van der Waals surface area contributed by atoms with Crippen molar-refractivity contribution >= 4 is 16.6 Å². The molecule has 0 unspecified atom stereocenters. The zero-order valence-electron chi connectivity index (χ0n) is 10.8. The Morgan fingerprint density at radius 3 is 0.812 bits per heavy atom. The second-order valence-electron chi connectivity index (χ2n) is 4.28. The van der Waals surface area contributed by atoms with E-state index < -0.39 is 16.6 Å². The van der Waals surface area contributed by atoms with E-state index in [9.17, 15) is 4.80 Å². The van der Waals surface area contributed by atoms with Crippen molar-refractivity contribution in [2.24, 2.45) is 0 Å². The SMILES string of the molecule is C.C.C[Si](C)(C)O.C[Si](C)(C)[O-].O.[K+].[K+].[OH-]. The van der Waals surface area contributed by atoms with Gasteiger partial charge in [0.15, 0.2) is 8.32 Å². The normalized spacial score (nSPS) is 7.50. The third kappa shape index (κ3) is 382. The first-order valence-corrected chi connectivity index (χ1v) is 10.3. The quantitative estimate of drug-likeness (QED) is 0.452. The molecule has 0 fully saturated rings. The van der Waals surface area contributed by atoms with Crippen molar-refractivity contribution in [1.82, 2.24) is 0 Å². The molecule has 4 nitrogen and oxygen atoms in total. The second kappa shape index (κ2) is 23.6. The van der Waals surface area contributed by atoms with Crippen molar-refractivity contribution in [1.29, 1.82) is 0 Å². The molecule has 0 atom stereocenters. The van der Waals surface area contributed by atoms with Crippen molar-refractivity contribution in [2.75, 3.05) is 0 Å². The summed E-state index contributed by atoms with van der Waals surface area (Å²) in [6, 6.07) is 0. The number of hydrogen-bond acceptors (Lipinski definition) is 3. The maximum absolute atomic E-state index is 10.2. The smallest absolute Gasteiger partial charge is 0.870 e. The van der Waals surface area contributed by atoms with Gasteiger partial charge in [0, 0.05) is 0 Å². The molecule has 0 radical (unpaired) electrons. The van der Waals surface area contributed by atoms with Crippen molar-refractivity contribution < 1.29 is 123 Å². The van der Waals surface area contributed by atoms with Gasteiger partial charge in [-0.2, -0.15) is 0 Å². The fourth-order valence-corrected chi connectivity index (χ4v) is 0. The molecule has 0 aromatic carbocycles. The molecule has 0 saturated carbocycles. The van der Waals surface area contributed by atoms with Crippen LogP contribution in [0.2, 0.25) is 39.3 Å². The summed E-state index contributed by atoms with van der Waals surface area (Å²) < 4.78 is 0. The molecule has 0 saturated heterocycles. The second-order valence-corrected chi connectivity index (χ2v) is 12.8. The maximum atomic E-state index is 10.2. The summed E-state index contributed by atoms with van der Waals surface area (Å²) in [5, 5.41) is 0. The minimum absolute atomic E-state index is 0. The molecular weight excluding hydrogens is 294 g/mol. The average Bonchev–Trinajstić information content (AvgIpc) is 1.12. The van der Waals surface area contributed by atoms with Crippen LogP contribution in [0.5, 0.6) is 0 Å². The number of rotatable bonds is 0. The third-order valence-electron chi connectivity index (χ3n) is 0. The molecule has 96 valence electrons. The largest absolute Gasteiger partial charge is 1.00 e. The summed E-state index contributed by atoms with van der Waals surface area (Å²) in [6.45, 7) is 11.0. The van der Waals surface area contributed by atoms with E-state index in [0.29, 0.717) is 0 Å². The molecule has 0 heterocycles. The molecule has 0 aliphatic rings. The van der Waals surface area contributed by atoms with Gasteiger partial charge in [-0.05, 0) is 19.6 Å². The van der Waals surface area contributed by atoms with E-state index in [4.69, 9.17) is 4.80 Å². The summed E-state index contributed by atoms with van der Waals surface area (Å²) >= 11 is 0. The van der Waals surface area contributed by atoms with E-state index in [0.717, 1.165) is 0 Å². The Bertz CT molecular complexity index is 71.0. The minimum atomic E-state index is -1.86. The minimum Gasteiger partial charge on any atom is -0.870 e. The van der Waals surface area contributed by atoms with E-state index in [-0.39, 0.29) is 129 Å². The van der Waals surface area contributed by atoms with Crippen molar-refractivity contribution in [3.8, 4) is 0 Å². The Labute approximate surface area is 190 Å². The van der Waals surface area contributed by atoms with E-state index in [2.05, 4.69) is 0 Å². The van der Waals surface area contributed by atoms with Crippen LogP contribution in [0, 0.1) is 0 Å². The molecule has 16 heavy (non-hydrogen) atoms. The standard InChI is InChI=1S/C3H10OSi.C3H9OSi.2CH4.2K.2H2O/c2*1-5(2,3)4;;;;;;/h4H,1-3H3;1-3H3;2*1H4;;;2*1H2/q;-1;;;2*+1;;/p-1. The Balaban J connectivity index is -0.00000000970. The Kier molecular flexibility index (Phi) is 74.5. The van der Waals surface area contributed by atoms with Crippen molar-refractivity contribution in [2.45, 2.75) is 54.1 Å². The molecule has 8 heteroatoms. The zero-order valence-corrected chi connectivity index (χ0v) is 19.0. The number of hydrogen-bond donors (Lipinski definition) is 1. The van der Waals surface area contributed by atoms with Gasteiger partial charge in [-0.3, -0.25) is 0 Å². The fourth-order valence-electron chi connectivity index (χ4n) is 0. The monoisotopic (exact) mass is 324 g/mol. The molecular formula is C8H30K2O4Si2. The van der Waals surface area contributed by atoms with Gasteiger partial charge < -0.3 is 20.5 Å². The topological polar surface area (TPSA) is 105 Å². The molecule has 0 aromatic heterocycles. The zero-order chi connectivity index (χ0) is 9.00. The molecule has 0 aliphatic carbocycles. The van der Waals surface area contributed by atoms with Gasteiger partial charge in [-0.25, -0.2) is 0 Å². The van der Waals surface area contributed by atoms with Crippen LogP contribution < -0.4 is 108 Å². The van der Waals surface area contributed by atoms with E-state index in [1.807, 2.05) is 19.6 Å². The first kappa shape index (κ1) is 50.4. The van der Waals surface area contributed by atoms with Gasteiger partial charge in [-0.1, -0.05) is 42.8 Å². The van der Waals surface area contributed by atoms with Crippen LogP contribution in [0.25, 0.3) is 0 Å². The van der Waals surface area contributed by atoms with Gasteiger partial charge in [0.1, 0.15) is 0 Å². The third-order valence-corrected chi connectivity index (χ3v) is 0. The molecule has 0 spiro atoms. The Morgan fingerprint density at radius 1 is 0.812 bits per heavy atom. The Morgan fingerprint density at radius 2 is 0.812 bits per heavy atom. The van der Waals surface area contributed by atoms with Crippen LogP contribution in [0.1, 0.15) is 14.9 Å². The molecule has 0 rings (SSSR count). The predicted molar refractivity (Wildman–Crippen MR) is 67.9 cm³/mol. The van der Waals surface area contributed by atoms with E-state index >= 15 is 0 Å². The van der Waals surface area contributed by atoms with Gasteiger partial charge in [0.2, 0.25) is 0 Å². The summed E-state index contributed by atoms with van der Waals surface area (Å²) in [4.78, 5) is 18.9. The van der Waals surface area contributed by atoms with Gasteiger partial charge in [-0.15, -0.1) is 0 Å². The van der Waals surface area contributed by atoms with Crippen LogP contribution in [0.4, 0.5) is 0 Å². The molecule has 0 aliphatic heterocycles. The molecule has 0 bridgehead atoms. The summed E-state index contributed by atoms with van der Waals surface area (Å²) in [5.41, 5.74) is 0. The molecule has 0 aromatic rings. The van der Waals surface area contributed by atoms with Crippen LogP contribution in [-0.4, -0.2) is 32.4 Å². The van der Waals surface area contributed by atoms with E-state index in [1.165, 1.54) is 0 Å². The fraction of sp³-hybridized carbons (Fsp3) is 1.00. The van der Waals surface area contributed by atoms with Crippen molar-refractivity contribution in [3.05, 3.63) is 0 Å². The van der Waals surface area contributed by atoms with Crippen LogP contribution in [-0.2, 0) is 0 Å². The summed E-state index contributed by atoms with van der Waals surface area (Å²) in [6.07, 6.45) is 0. The first-order chi connectivity index (χ1) is 4.00. The first-order valence-electron chi connectivity index (χ1n) is 3.43. The van der Waals surface area contributed by atoms with Crippen LogP contribution >= 0.6 is 0 Å². The van der Waals surface area contributed by atoms with Crippen LogP contribution in [0.3, 0.4) is 0 Å². The average molecular weight is 325 g/mol. The van der Waals surface area contributed by atoms with Crippen LogP contribution in [0.15, 0.2) is 0 Å². The van der Waals surface area contributed by atoms with Gasteiger partial charge >= 0.3 is 103 Å².